The van der Waals surface area contributed by atoms with Crippen LogP contribution in [0.5, 0.6) is 11.5 Å². The second-order valence-corrected chi connectivity index (χ2v) is 12.8. The molecular weight excluding hydrogens is 634 g/mol. The van der Waals surface area contributed by atoms with Gasteiger partial charge in [0.1, 0.15) is 24.1 Å². The molecule has 0 heterocycles. The third-order valence-corrected chi connectivity index (χ3v) is 9.31. The summed E-state index contributed by atoms with van der Waals surface area (Å²) in [7, 11) is -2.63. The molecule has 11 heteroatoms. The summed E-state index contributed by atoms with van der Waals surface area (Å²) in [5.74, 6) is 0.363. The predicted octanol–water partition coefficient (Wildman–Crippen LogP) is 5.77. The Balaban J connectivity index is 2.07. The molecule has 0 spiro atoms. The van der Waals surface area contributed by atoms with Crippen molar-refractivity contribution in [2.45, 2.75) is 64.1 Å². The number of nitrogens with zero attached hydrogens (tertiary/aromatic N) is 2. The summed E-state index contributed by atoms with van der Waals surface area (Å²) in [4.78, 5) is 29.1. The Morgan fingerprint density at radius 1 is 0.930 bits per heavy atom. The van der Waals surface area contributed by atoms with Crippen molar-refractivity contribution in [3.05, 3.63) is 82.8 Å². The van der Waals surface area contributed by atoms with Crippen molar-refractivity contribution >= 4 is 43.5 Å². The van der Waals surface area contributed by atoms with Crippen LogP contribution in [-0.4, -0.2) is 57.5 Å². The topological polar surface area (TPSA) is 105 Å². The lowest BCUT2D eigenvalue weighted by atomic mass is 10.1. The van der Waals surface area contributed by atoms with Gasteiger partial charge in [-0.15, -0.1) is 0 Å². The second kappa shape index (κ2) is 15.8. The summed E-state index contributed by atoms with van der Waals surface area (Å²) in [6.07, 6.45) is 1.06. The summed E-state index contributed by atoms with van der Waals surface area (Å²) in [6, 6.07) is 19.1. The average molecular weight is 675 g/mol. The second-order valence-electron chi connectivity index (χ2n) is 10.0. The first kappa shape index (κ1) is 33.9. The predicted molar refractivity (Wildman–Crippen MR) is 172 cm³/mol. The number of sulfonamides is 1. The van der Waals surface area contributed by atoms with Crippen LogP contribution >= 0.6 is 15.9 Å². The highest BCUT2D eigenvalue weighted by atomic mass is 79.9. The summed E-state index contributed by atoms with van der Waals surface area (Å²) >= 11 is 3.35. The van der Waals surface area contributed by atoms with Crippen molar-refractivity contribution in [1.82, 2.24) is 10.2 Å². The Labute approximate surface area is 263 Å². The normalized spacial score (nSPS) is 12.6. The molecule has 0 aliphatic heterocycles. The van der Waals surface area contributed by atoms with Crippen LogP contribution in [0.15, 0.2) is 82.2 Å². The zero-order valence-corrected chi connectivity index (χ0v) is 27.7. The van der Waals surface area contributed by atoms with E-state index in [1.165, 1.54) is 17.0 Å². The van der Waals surface area contributed by atoms with Gasteiger partial charge in [0, 0.05) is 17.1 Å². The summed E-state index contributed by atoms with van der Waals surface area (Å²) < 4.78 is 40.8. The number of hydrogen-bond donors (Lipinski definition) is 1. The fraction of sp³-hybridized carbons (Fsp3) is 0.375. The number of ether oxygens (including phenoxy) is 2. The maximum absolute atomic E-state index is 14.2. The van der Waals surface area contributed by atoms with Crippen LogP contribution in [0.3, 0.4) is 0 Å². The molecule has 1 N–H and O–H groups in total. The van der Waals surface area contributed by atoms with Crippen LogP contribution in [0.1, 0.15) is 46.1 Å². The molecule has 0 aromatic heterocycles. The first-order chi connectivity index (χ1) is 20.5. The number of rotatable bonds is 15. The molecule has 0 bridgehead atoms. The molecule has 43 heavy (non-hydrogen) atoms. The molecule has 2 atom stereocenters. The lowest BCUT2D eigenvalue weighted by molar-refractivity contribution is -0.140. The van der Waals surface area contributed by atoms with Gasteiger partial charge in [0.25, 0.3) is 10.0 Å². The van der Waals surface area contributed by atoms with Crippen LogP contribution in [-0.2, 0) is 26.2 Å². The minimum atomic E-state index is -4.18. The number of amides is 2. The molecule has 232 valence electrons. The quantitative estimate of drug-likeness (QED) is 0.220. The Bertz CT molecular complexity index is 1470. The molecule has 9 nitrogen and oxygen atoms in total. The highest BCUT2D eigenvalue weighted by molar-refractivity contribution is 9.10. The molecule has 0 saturated heterocycles. The van der Waals surface area contributed by atoms with Gasteiger partial charge in [-0.25, -0.2) is 8.42 Å². The molecule has 3 rings (SSSR count). The minimum Gasteiger partial charge on any atom is -0.497 e. The fourth-order valence-corrected chi connectivity index (χ4v) is 6.14. The number of halogens is 1. The van der Waals surface area contributed by atoms with E-state index < -0.39 is 28.5 Å². The number of carbonyl (C=O) groups is 2. The molecule has 0 radical (unpaired) electrons. The first-order valence-electron chi connectivity index (χ1n) is 14.3. The van der Waals surface area contributed by atoms with Crippen molar-refractivity contribution in [2.75, 3.05) is 24.6 Å². The van der Waals surface area contributed by atoms with E-state index in [9.17, 15) is 18.0 Å². The van der Waals surface area contributed by atoms with Gasteiger partial charge in [0.05, 0.1) is 24.3 Å². The molecule has 3 aromatic carbocycles. The van der Waals surface area contributed by atoms with Crippen molar-refractivity contribution in [1.29, 1.82) is 0 Å². The van der Waals surface area contributed by atoms with Gasteiger partial charge in [-0.2, -0.15) is 0 Å². The van der Waals surface area contributed by atoms with E-state index >= 15 is 0 Å². The smallest absolute Gasteiger partial charge is 0.264 e. The number of hydrogen-bond acceptors (Lipinski definition) is 6. The third kappa shape index (κ3) is 8.96. The van der Waals surface area contributed by atoms with E-state index in [-0.39, 0.29) is 29.1 Å². The Morgan fingerprint density at radius 3 is 2.19 bits per heavy atom. The van der Waals surface area contributed by atoms with Gasteiger partial charge in [0.2, 0.25) is 11.8 Å². The SMILES string of the molecule is CCOc1ccc(N(CC(=O)N(Cc2cccc(OC)c2)C(CC)C(=O)NC(C)CC)S(=O)(=O)c2ccc(Br)cc2)cc1. The van der Waals surface area contributed by atoms with Gasteiger partial charge in [-0.3, -0.25) is 13.9 Å². The van der Waals surface area contributed by atoms with Gasteiger partial charge < -0.3 is 19.7 Å². The van der Waals surface area contributed by atoms with Crippen LogP contribution in [0.2, 0.25) is 0 Å². The van der Waals surface area contributed by atoms with E-state index in [1.807, 2.05) is 33.8 Å². The molecule has 0 aliphatic rings. The van der Waals surface area contributed by atoms with Crippen LogP contribution in [0, 0.1) is 0 Å². The maximum Gasteiger partial charge on any atom is 0.264 e. The lowest BCUT2D eigenvalue weighted by Crippen LogP contribution is -2.53. The van der Waals surface area contributed by atoms with E-state index in [2.05, 4.69) is 21.2 Å². The molecular formula is C32H40BrN3O6S. The fourth-order valence-electron chi connectivity index (χ4n) is 4.47. The summed E-state index contributed by atoms with van der Waals surface area (Å²) in [6.45, 7) is 7.56. The Morgan fingerprint density at radius 2 is 1.60 bits per heavy atom. The summed E-state index contributed by atoms with van der Waals surface area (Å²) in [5.41, 5.74) is 1.03. The lowest BCUT2D eigenvalue weighted by Gasteiger charge is -2.33. The Hall–Kier alpha value is -3.57. The highest BCUT2D eigenvalue weighted by Crippen LogP contribution is 2.28. The van der Waals surface area contributed by atoms with Crippen molar-refractivity contribution in [2.24, 2.45) is 0 Å². The zero-order valence-electron chi connectivity index (χ0n) is 25.2. The first-order valence-corrected chi connectivity index (χ1v) is 16.5. The number of benzene rings is 3. The van der Waals surface area contributed by atoms with Gasteiger partial charge in [-0.1, -0.05) is 41.9 Å². The van der Waals surface area contributed by atoms with E-state index in [0.29, 0.717) is 24.5 Å². The third-order valence-electron chi connectivity index (χ3n) is 6.99. The molecule has 0 fully saturated rings. The maximum atomic E-state index is 14.2. The molecule has 0 aliphatic carbocycles. The summed E-state index contributed by atoms with van der Waals surface area (Å²) in [5, 5.41) is 2.98. The monoisotopic (exact) mass is 673 g/mol. The average Bonchev–Trinajstić information content (AvgIpc) is 3.00. The molecule has 0 saturated carbocycles. The van der Waals surface area contributed by atoms with E-state index in [1.54, 1.807) is 61.7 Å². The molecule has 2 unspecified atom stereocenters. The van der Waals surface area contributed by atoms with Crippen molar-refractivity contribution < 1.29 is 27.5 Å². The minimum absolute atomic E-state index is 0.0262. The largest absolute Gasteiger partial charge is 0.497 e. The van der Waals surface area contributed by atoms with Gasteiger partial charge in [0.15, 0.2) is 0 Å². The number of carbonyl (C=O) groups excluding carboxylic acids is 2. The molecule has 3 aromatic rings. The van der Waals surface area contributed by atoms with Crippen LogP contribution in [0.25, 0.3) is 0 Å². The van der Waals surface area contributed by atoms with E-state index in [0.717, 1.165) is 20.8 Å². The van der Waals surface area contributed by atoms with E-state index in [4.69, 9.17) is 9.47 Å². The van der Waals surface area contributed by atoms with Crippen molar-refractivity contribution in [3.8, 4) is 11.5 Å². The van der Waals surface area contributed by atoms with Gasteiger partial charge in [-0.05, 0) is 92.9 Å². The highest BCUT2D eigenvalue weighted by Gasteiger charge is 2.34. The van der Waals surface area contributed by atoms with Crippen molar-refractivity contribution in [3.63, 3.8) is 0 Å². The number of methoxy groups -OCH3 is 1. The molecule has 2 amide bonds. The van der Waals surface area contributed by atoms with Crippen LogP contribution in [0.4, 0.5) is 5.69 Å². The number of nitrogens with one attached hydrogen (secondary N) is 1. The van der Waals surface area contributed by atoms with Crippen LogP contribution < -0.4 is 19.1 Å². The number of anilines is 1. The zero-order chi connectivity index (χ0) is 31.6. The standard InChI is InChI=1S/C32H40BrN3O6S/c1-6-23(4)34-32(38)30(7-2)35(21-24-10-9-11-28(20-24)41-5)31(37)22-36(26-14-16-27(17-15-26)42-8-3)43(39,40)29-18-12-25(33)13-19-29/h9-20,23,30H,6-8,21-22H2,1-5H3,(H,34,38). The van der Waals surface area contributed by atoms with Gasteiger partial charge >= 0.3 is 0 Å². The Kier molecular flexibility index (Phi) is 12.4.